The molecular formula is C18H22. The molecule has 0 aliphatic rings. The summed E-state index contributed by atoms with van der Waals surface area (Å²) in [6.07, 6.45) is 4.36. The topological polar surface area (TPSA) is 0 Å². The number of hydrogen-bond donors (Lipinski definition) is 0. The van der Waals surface area contributed by atoms with Crippen molar-refractivity contribution < 1.29 is 0 Å². The number of aryl methyl sites for hydroxylation is 2. The van der Waals surface area contributed by atoms with Crippen molar-refractivity contribution >= 4 is 12.2 Å². The molecule has 0 saturated heterocycles. The Morgan fingerprint density at radius 3 is 1.28 bits per heavy atom. The van der Waals surface area contributed by atoms with Crippen molar-refractivity contribution in [3.8, 4) is 0 Å². The second-order valence-electron chi connectivity index (χ2n) is 4.05. The van der Waals surface area contributed by atoms with Crippen molar-refractivity contribution in [1.82, 2.24) is 0 Å². The van der Waals surface area contributed by atoms with Gasteiger partial charge >= 0.3 is 0 Å². The molecule has 94 valence electrons. The molecule has 0 heteroatoms. The van der Waals surface area contributed by atoms with Gasteiger partial charge in [-0.2, -0.15) is 0 Å². The Bertz CT molecular complexity index is 459. The van der Waals surface area contributed by atoms with E-state index in [9.17, 15) is 0 Å². The van der Waals surface area contributed by atoms with Gasteiger partial charge in [0.05, 0.1) is 0 Å². The van der Waals surface area contributed by atoms with Gasteiger partial charge in [-0.1, -0.05) is 74.5 Å². The quantitative estimate of drug-likeness (QED) is 0.606. The van der Waals surface area contributed by atoms with Crippen molar-refractivity contribution in [3.63, 3.8) is 0 Å². The molecule has 0 unspecified atom stereocenters. The van der Waals surface area contributed by atoms with Gasteiger partial charge in [0.25, 0.3) is 0 Å². The first-order valence-electron chi connectivity index (χ1n) is 6.57. The molecular weight excluding hydrogens is 216 g/mol. The fraction of sp³-hybridized carbons (Fsp3) is 0.222. The standard InChI is InChI=1S/C16H16.C2H6/c1-13-7-3-5-9-15(13)11-12-16-10-6-4-8-14(16)2;1-2/h3-12H,1-2H3;1-2H3/b12-11+;. The van der Waals surface area contributed by atoms with Crippen LogP contribution in [0.1, 0.15) is 36.1 Å². The zero-order chi connectivity index (χ0) is 13.4. The third-order valence-electron chi connectivity index (χ3n) is 2.82. The second kappa shape index (κ2) is 7.50. The third-order valence-corrected chi connectivity index (χ3v) is 2.82. The maximum Gasteiger partial charge on any atom is -0.0227 e. The van der Waals surface area contributed by atoms with Gasteiger partial charge in [0.15, 0.2) is 0 Å². The van der Waals surface area contributed by atoms with Crippen LogP contribution in [0.25, 0.3) is 12.2 Å². The van der Waals surface area contributed by atoms with Crippen LogP contribution in [0.4, 0.5) is 0 Å². The highest BCUT2D eigenvalue weighted by molar-refractivity contribution is 5.72. The van der Waals surface area contributed by atoms with E-state index >= 15 is 0 Å². The number of rotatable bonds is 2. The van der Waals surface area contributed by atoms with Crippen LogP contribution in [-0.4, -0.2) is 0 Å². The molecule has 0 nitrogen and oxygen atoms in total. The summed E-state index contributed by atoms with van der Waals surface area (Å²) in [5.74, 6) is 0. The molecule has 0 saturated carbocycles. The normalized spacial score (nSPS) is 10.0. The molecule has 0 spiro atoms. The predicted molar refractivity (Wildman–Crippen MR) is 82.6 cm³/mol. The highest BCUT2D eigenvalue weighted by Crippen LogP contribution is 2.14. The van der Waals surface area contributed by atoms with E-state index < -0.39 is 0 Å². The Labute approximate surface area is 111 Å². The van der Waals surface area contributed by atoms with Gasteiger partial charge in [0, 0.05) is 0 Å². The lowest BCUT2D eigenvalue weighted by Crippen LogP contribution is -1.80. The SMILES string of the molecule is CC.Cc1ccccc1/C=C/c1ccccc1C. The molecule has 0 atom stereocenters. The lowest BCUT2D eigenvalue weighted by atomic mass is 10.0. The molecule has 2 rings (SSSR count). The zero-order valence-corrected chi connectivity index (χ0v) is 11.8. The Balaban J connectivity index is 0.000000771. The first-order chi connectivity index (χ1) is 8.77. The molecule has 0 aromatic heterocycles. The van der Waals surface area contributed by atoms with Gasteiger partial charge in [-0.15, -0.1) is 0 Å². The Morgan fingerprint density at radius 1 is 0.611 bits per heavy atom. The Morgan fingerprint density at radius 2 is 0.944 bits per heavy atom. The van der Waals surface area contributed by atoms with Gasteiger partial charge < -0.3 is 0 Å². The van der Waals surface area contributed by atoms with Crippen LogP contribution in [-0.2, 0) is 0 Å². The van der Waals surface area contributed by atoms with Gasteiger partial charge in [0.1, 0.15) is 0 Å². The minimum Gasteiger partial charge on any atom is -0.0683 e. The summed E-state index contributed by atoms with van der Waals surface area (Å²) in [4.78, 5) is 0. The molecule has 2 aromatic rings. The van der Waals surface area contributed by atoms with Crippen molar-refractivity contribution in [2.75, 3.05) is 0 Å². The Kier molecular flexibility index (Phi) is 5.93. The van der Waals surface area contributed by atoms with Crippen LogP contribution in [0.3, 0.4) is 0 Å². The van der Waals surface area contributed by atoms with E-state index in [1.165, 1.54) is 22.3 Å². The van der Waals surface area contributed by atoms with Crippen LogP contribution < -0.4 is 0 Å². The summed E-state index contributed by atoms with van der Waals surface area (Å²) < 4.78 is 0. The lowest BCUT2D eigenvalue weighted by Gasteiger charge is -2.01. The van der Waals surface area contributed by atoms with E-state index in [0.717, 1.165) is 0 Å². The minimum absolute atomic E-state index is 1.28. The molecule has 0 bridgehead atoms. The van der Waals surface area contributed by atoms with Crippen LogP contribution in [0, 0.1) is 13.8 Å². The third kappa shape index (κ3) is 3.89. The summed E-state index contributed by atoms with van der Waals surface area (Å²) in [6.45, 7) is 8.27. The van der Waals surface area contributed by atoms with Crippen LogP contribution >= 0.6 is 0 Å². The fourth-order valence-corrected chi connectivity index (χ4v) is 1.73. The van der Waals surface area contributed by atoms with E-state index in [4.69, 9.17) is 0 Å². The molecule has 0 amide bonds. The lowest BCUT2D eigenvalue weighted by molar-refractivity contribution is 1.43. The average Bonchev–Trinajstić information content (AvgIpc) is 2.42. The molecule has 0 heterocycles. The average molecular weight is 238 g/mol. The maximum absolute atomic E-state index is 2.18. The summed E-state index contributed by atoms with van der Waals surface area (Å²) in [5.41, 5.74) is 5.19. The Hall–Kier alpha value is -1.82. The van der Waals surface area contributed by atoms with Crippen LogP contribution in [0.15, 0.2) is 48.5 Å². The highest BCUT2D eigenvalue weighted by atomic mass is 14.0. The highest BCUT2D eigenvalue weighted by Gasteiger charge is 1.93. The smallest absolute Gasteiger partial charge is 0.0227 e. The van der Waals surface area contributed by atoms with Crippen molar-refractivity contribution in [2.45, 2.75) is 27.7 Å². The monoisotopic (exact) mass is 238 g/mol. The molecule has 18 heavy (non-hydrogen) atoms. The van der Waals surface area contributed by atoms with E-state index in [2.05, 4.69) is 74.5 Å². The summed E-state index contributed by atoms with van der Waals surface area (Å²) in [7, 11) is 0. The van der Waals surface area contributed by atoms with Gasteiger partial charge in [-0.05, 0) is 36.1 Å². The molecule has 0 radical (unpaired) electrons. The summed E-state index contributed by atoms with van der Waals surface area (Å²) in [5, 5.41) is 0. The van der Waals surface area contributed by atoms with E-state index in [-0.39, 0.29) is 0 Å². The second-order valence-corrected chi connectivity index (χ2v) is 4.05. The van der Waals surface area contributed by atoms with E-state index in [1.54, 1.807) is 0 Å². The van der Waals surface area contributed by atoms with Crippen LogP contribution in [0.2, 0.25) is 0 Å². The van der Waals surface area contributed by atoms with E-state index in [1.807, 2.05) is 13.8 Å². The van der Waals surface area contributed by atoms with Gasteiger partial charge in [-0.25, -0.2) is 0 Å². The minimum atomic E-state index is 1.28. The predicted octanol–water partition coefficient (Wildman–Crippen LogP) is 5.50. The largest absolute Gasteiger partial charge is 0.0683 e. The summed E-state index contributed by atoms with van der Waals surface area (Å²) in [6, 6.07) is 16.8. The van der Waals surface area contributed by atoms with Gasteiger partial charge in [-0.3, -0.25) is 0 Å². The first-order valence-corrected chi connectivity index (χ1v) is 6.57. The number of hydrogen-bond acceptors (Lipinski definition) is 0. The maximum atomic E-state index is 2.18. The zero-order valence-electron chi connectivity index (χ0n) is 11.8. The molecule has 0 aliphatic carbocycles. The fourth-order valence-electron chi connectivity index (χ4n) is 1.73. The molecule has 0 N–H and O–H groups in total. The molecule has 0 aliphatic heterocycles. The summed E-state index contributed by atoms with van der Waals surface area (Å²) >= 11 is 0. The van der Waals surface area contributed by atoms with Crippen molar-refractivity contribution in [2.24, 2.45) is 0 Å². The van der Waals surface area contributed by atoms with E-state index in [0.29, 0.717) is 0 Å². The van der Waals surface area contributed by atoms with Crippen LogP contribution in [0.5, 0.6) is 0 Å². The van der Waals surface area contributed by atoms with Crippen molar-refractivity contribution in [1.29, 1.82) is 0 Å². The molecule has 0 fully saturated rings. The van der Waals surface area contributed by atoms with Gasteiger partial charge in [0.2, 0.25) is 0 Å². The van der Waals surface area contributed by atoms with Crippen molar-refractivity contribution in [3.05, 3.63) is 70.8 Å². The molecule has 2 aromatic carbocycles. The first kappa shape index (κ1) is 14.2. The number of benzene rings is 2.